The maximum atomic E-state index is 2.42. The largest absolute Gasteiger partial charge is 0.318 e. The highest BCUT2D eigenvalue weighted by atomic mass is 15.4. The Bertz CT molecular complexity index is 1200. The minimum atomic E-state index is 0.394. The number of fused-ring (bicyclic) bond motifs is 6. The summed E-state index contributed by atoms with van der Waals surface area (Å²) >= 11 is 0. The molecule has 0 aromatic heterocycles. The Kier molecular flexibility index (Phi) is 5.21. The molecule has 2 nitrogen and oxygen atoms in total. The topological polar surface area (TPSA) is 0 Å². The van der Waals surface area contributed by atoms with Gasteiger partial charge in [0.2, 0.25) is 0 Å². The Hall–Kier alpha value is -3.20. The van der Waals surface area contributed by atoms with E-state index >= 15 is 0 Å². The molecule has 4 aromatic carbocycles. The van der Waals surface area contributed by atoms with Crippen LogP contribution in [0.25, 0.3) is 22.3 Å². The number of quaternary nitrogens is 2. The molecule has 176 valence electrons. The number of rotatable bonds is 6. The molecule has 2 aliphatic carbocycles. The first kappa shape index (κ1) is 22.3. The fourth-order valence-corrected chi connectivity index (χ4v) is 6.91. The smallest absolute Gasteiger partial charge is 0.141 e. The summed E-state index contributed by atoms with van der Waals surface area (Å²) in [6, 6.07) is 36.8. The second-order valence-electron chi connectivity index (χ2n) is 11.5. The Labute approximate surface area is 210 Å². The van der Waals surface area contributed by atoms with Crippen molar-refractivity contribution in [1.29, 1.82) is 0 Å². The van der Waals surface area contributed by atoms with Crippen molar-refractivity contribution in [1.82, 2.24) is 0 Å². The minimum Gasteiger partial charge on any atom is -0.318 e. The van der Waals surface area contributed by atoms with Crippen LogP contribution >= 0.6 is 0 Å². The lowest BCUT2D eigenvalue weighted by atomic mass is 10.00. The van der Waals surface area contributed by atoms with Gasteiger partial charge in [-0.3, -0.25) is 0 Å². The Morgan fingerprint density at radius 3 is 0.971 bits per heavy atom. The lowest BCUT2D eigenvalue weighted by Crippen LogP contribution is -2.48. The molecule has 0 radical (unpaired) electrons. The zero-order chi connectivity index (χ0) is 24.2. The monoisotopic (exact) mass is 460 g/mol. The van der Waals surface area contributed by atoms with E-state index in [9.17, 15) is 0 Å². The zero-order valence-electron chi connectivity index (χ0n) is 21.4. The van der Waals surface area contributed by atoms with Gasteiger partial charge in [0.05, 0.1) is 41.3 Å². The molecule has 0 saturated carbocycles. The Balaban J connectivity index is 1.25. The fraction of sp³-hybridized carbons (Fsp3) is 0.273. The van der Waals surface area contributed by atoms with Crippen LogP contribution < -0.4 is 0 Å². The molecule has 0 bridgehead atoms. The fourth-order valence-electron chi connectivity index (χ4n) is 6.91. The Morgan fingerprint density at radius 2 is 0.686 bits per heavy atom. The molecule has 0 heterocycles. The van der Waals surface area contributed by atoms with Gasteiger partial charge in [0, 0.05) is 28.7 Å². The number of hydrogen-bond acceptors (Lipinski definition) is 0. The van der Waals surface area contributed by atoms with Crippen LogP contribution in [0, 0.1) is 0 Å². The summed E-state index contributed by atoms with van der Waals surface area (Å²) < 4.78 is 1.96. The van der Waals surface area contributed by atoms with Crippen LogP contribution in [-0.4, -0.2) is 50.2 Å². The highest BCUT2D eigenvalue weighted by Gasteiger charge is 2.42. The predicted molar refractivity (Wildman–Crippen MR) is 146 cm³/mol. The number of hydrogen-bond donors (Lipinski definition) is 0. The summed E-state index contributed by atoms with van der Waals surface area (Å²) in [5, 5.41) is 0. The lowest BCUT2D eigenvalue weighted by Gasteiger charge is -2.40. The van der Waals surface area contributed by atoms with Crippen molar-refractivity contribution in [3.63, 3.8) is 0 Å². The lowest BCUT2D eigenvalue weighted by molar-refractivity contribution is -0.933. The van der Waals surface area contributed by atoms with Crippen molar-refractivity contribution in [3.8, 4) is 22.3 Å². The molecule has 0 unspecified atom stereocenters. The van der Waals surface area contributed by atoms with Gasteiger partial charge in [0.15, 0.2) is 0 Å². The van der Waals surface area contributed by atoms with Gasteiger partial charge in [-0.05, 0) is 22.3 Å². The molecule has 0 fully saturated rings. The van der Waals surface area contributed by atoms with Crippen LogP contribution in [0.3, 0.4) is 0 Å². The molecule has 0 aliphatic heterocycles. The third-order valence-corrected chi connectivity index (χ3v) is 8.47. The van der Waals surface area contributed by atoms with E-state index in [1.807, 2.05) is 0 Å². The van der Waals surface area contributed by atoms with E-state index in [4.69, 9.17) is 0 Å². The summed E-state index contributed by atoms with van der Waals surface area (Å²) in [6.45, 7) is 2.29. The predicted octanol–water partition coefficient (Wildman–Crippen LogP) is 7.07. The molecular weight excluding hydrogens is 424 g/mol. The summed E-state index contributed by atoms with van der Waals surface area (Å²) in [5.41, 5.74) is 11.6. The second kappa shape index (κ2) is 8.19. The summed E-state index contributed by atoms with van der Waals surface area (Å²) in [4.78, 5) is 0. The van der Waals surface area contributed by atoms with E-state index in [1.54, 1.807) is 0 Å². The molecule has 4 aromatic rings. The summed E-state index contributed by atoms with van der Waals surface area (Å²) in [6.07, 6.45) is 1.18. The second-order valence-corrected chi connectivity index (χ2v) is 11.5. The molecule has 0 amide bonds. The molecule has 6 rings (SSSR count). The van der Waals surface area contributed by atoms with Crippen molar-refractivity contribution in [2.45, 2.75) is 18.5 Å². The third kappa shape index (κ3) is 3.55. The van der Waals surface area contributed by atoms with E-state index in [0.717, 1.165) is 22.1 Å². The van der Waals surface area contributed by atoms with E-state index in [1.165, 1.54) is 50.9 Å². The molecule has 35 heavy (non-hydrogen) atoms. The van der Waals surface area contributed by atoms with E-state index in [-0.39, 0.29) is 0 Å². The minimum absolute atomic E-state index is 0.394. The number of benzene rings is 4. The van der Waals surface area contributed by atoms with Crippen molar-refractivity contribution in [2.24, 2.45) is 0 Å². The summed E-state index contributed by atoms with van der Waals surface area (Å²) in [5.74, 6) is 0. The van der Waals surface area contributed by atoms with Crippen LogP contribution in [0.2, 0.25) is 0 Å². The third-order valence-electron chi connectivity index (χ3n) is 8.47. The van der Waals surface area contributed by atoms with Crippen molar-refractivity contribution in [2.75, 3.05) is 41.3 Å². The van der Waals surface area contributed by atoms with E-state index in [0.29, 0.717) is 12.1 Å². The first-order valence-corrected chi connectivity index (χ1v) is 12.9. The van der Waals surface area contributed by atoms with Crippen LogP contribution in [0.4, 0.5) is 0 Å². The average Bonchev–Trinajstić information content (AvgIpc) is 3.38. The molecule has 0 atom stereocenters. The molecule has 0 saturated heterocycles. The SMILES string of the molecule is C[N+](C)(CCC[N+](C)(C)C1c2ccccc2-c2ccccc21)C1c2ccccc2-c2ccccc21. The Morgan fingerprint density at radius 1 is 0.429 bits per heavy atom. The van der Waals surface area contributed by atoms with Gasteiger partial charge in [0.1, 0.15) is 12.1 Å². The van der Waals surface area contributed by atoms with Gasteiger partial charge in [-0.2, -0.15) is 0 Å². The van der Waals surface area contributed by atoms with Crippen LogP contribution in [0.15, 0.2) is 97.1 Å². The van der Waals surface area contributed by atoms with Gasteiger partial charge >= 0.3 is 0 Å². The van der Waals surface area contributed by atoms with E-state index in [2.05, 4.69) is 125 Å². The molecular formula is C33H36N2+2. The van der Waals surface area contributed by atoms with Gasteiger partial charge in [0.25, 0.3) is 0 Å². The van der Waals surface area contributed by atoms with Gasteiger partial charge in [-0.1, -0.05) is 97.1 Å². The van der Waals surface area contributed by atoms with Crippen LogP contribution in [0.1, 0.15) is 40.8 Å². The van der Waals surface area contributed by atoms with Crippen molar-refractivity contribution in [3.05, 3.63) is 119 Å². The van der Waals surface area contributed by atoms with Gasteiger partial charge in [-0.25, -0.2) is 0 Å². The quantitative estimate of drug-likeness (QED) is 0.270. The molecule has 0 N–H and O–H groups in total. The summed E-state index contributed by atoms with van der Waals surface area (Å²) in [7, 11) is 9.68. The average molecular weight is 461 g/mol. The first-order valence-electron chi connectivity index (χ1n) is 12.9. The molecule has 2 heteroatoms. The van der Waals surface area contributed by atoms with Crippen molar-refractivity contribution < 1.29 is 8.97 Å². The van der Waals surface area contributed by atoms with Gasteiger partial charge in [-0.15, -0.1) is 0 Å². The highest BCUT2D eigenvalue weighted by Crippen LogP contribution is 2.49. The van der Waals surface area contributed by atoms with Gasteiger partial charge < -0.3 is 8.97 Å². The van der Waals surface area contributed by atoms with Crippen LogP contribution in [0.5, 0.6) is 0 Å². The first-order chi connectivity index (χ1) is 16.9. The number of nitrogens with zero attached hydrogens (tertiary/aromatic N) is 2. The normalized spacial score (nSPS) is 15.0. The standard InChI is InChI=1S/C33H36N2/c1-34(2,32-28-18-9-5-14-24(28)25-15-6-10-19-29(25)32)22-13-23-35(3,4)33-30-20-11-7-16-26(30)27-17-8-12-21-31(27)33/h5-12,14-21,32-33H,13,22-23H2,1-4H3/q+2. The molecule has 0 spiro atoms. The zero-order valence-corrected chi connectivity index (χ0v) is 21.4. The van der Waals surface area contributed by atoms with E-state index < -0.39 is 0 Å². The highest BCUT2D eigenvalue weighted by molar-refractivity contribution is 5.78. The molecule has 2 aliphatic rings. The maximum Gasteiger partial charge on any atom is 0.141 e. The maximum absolute atomic E-state index is 2.42. The van der Waals surface area contributed by atoms with Crippen LogP contribution in [-0.2, 0) is 0 Å². The van der Waals surface area contributed by atoms with Crippen molar-refractivity contribution >= 4 is 0 Å².